The first-order chi connectivity index (χ1) is 12.8. The zero-order valence-corrected chi connectivity index (χ0v) is 16.4. The van der Waals surface area contributed by atoms with Crippen molar-refractivity contribution in [3.05, 3.63) is 70.5 Å². The zero-order valence-electron chi connectivity index (χ0n) is 16.4. The van der Waals surface area contributed by atoms with E-state index < -0.39 is 6.04 Å². The average Bonchev–Trinajstić information content (AvgIpc) is 2.63. The fourth-order valence-electron chi connectivity index (χ4n) is 2.97. The van der Waals surface area contributed by atoms with Crippen LogP contribution in [0.15, 0.2) is 42.5 Å². The third-order valence-corrected chi connectivity index (χ3v) is 4.66. The number of hydrogen-bond donors (Lipinski definition) is 1. The quantitative estimate of drug-likeness (QED) is 0.810. The molecule has 2 amide bonds. The molecule has 0 aliphatic rings. The zero-order chi connectivity index (χ0) is 20.0. The molecule has 0 fully saturated rings. The Morgan fingerprint density at radius 2 is 1.81 bits per heavy atom. The van der Waals surface area contributed by atoms with Crippen molar-refractivity contribution >= 4 is 11.8 Å². The van der Waals surface area contributed by atoms with Gasteiger partial charge in [-0.1, -0.05) is 42.0 Å². The first kappa shape index (κ1) is 20.6. The number of nitrogens with zero attached hydrogens (tertiary/aromatic N) is 1. The number of rotatable bonds is 7. The fraction of sp³-hybridized carbons (Fsp3) is 0.364. The van der Waals surface area contributed by atoms with Crippen LogP contribution in [0.4, 0.5) is 4.39 Å². The molecule has 4 nitrogen and oxygen atoms in total. The van der Waals surface area contributed by atoms with Crippen LogP contribution in [0.2, 0.25) is 0 Å². The topological polar surface area (TPSA) is 49.4 Å². The summed E-state index contributed by atoms with van der Waals surface area (Å²) in [4.78, 5) is 26.9. The van der Waals surface area contributed by atoms with Gasteiger partial charge in [-0.15, -0.1) is 0 Å². The number of halogens is 1. The lowest BCUT2D eigenvalue weighted by atomic mass is 10.0. The van der Waals surface area contributed by atoms with E-state index in [1.165, 1.54) is 11.0 Å². The van der Waals surface area contributed by atoms with Crippen molar-refractivity contribution in [2.24, 2.45) is 0 Å². The summed E-state index contributed by atoms with van der Waals surface area (Å²) in [7, 11) is 0. The molecule has 2 rings (SSSR count). The van der Waals surface area contributed by atoms with Crippen molar-refractivity contribution < 1.29 is 14.0 Å². The second-order valence-electron chi connectivity index (χ2n) is 6.79. The van der Waals surface area contributed by atoms with E-state index in [9.17, 15) is 14.0 Å². The van der Waals surface area contributed by atoms with Gasteiger partial charge >= 0.3 is 0 Å². The van der Waals surface area contributed by atoms with Gasteiger partial charge < -0.3 is 10.2 Å². The molecule has 5 heteroatoms. The molecule has 2 aromatic rings. The summed E-state index contributed by atoms with van der Waals surface area (Å²) in [6, 6.07) is 11.6. The second kappa shape index (κ2) is 9.31. The number of carbonyl (C=O) groups is 2. The minimum absolute atomic E-state index is 0.0503. The molecule has 0 heterocycles. The molecule has 0 saturated heterocycles. The van der Waals surface area contributed by atoms with Crippen molar-refractivity contribution in [1.29, 1.82) is 0 Å². The molecule has 0 spiro atoms. The molecule has 27 heavy (non-hydrogen) atoms. The highest BCUT2D eigenvalue weighted by atomic mass is 19.1. The molecule has 0 aliphatic carbocycles. The number of benzene rings is 2. The maximum absolute atomic E-state index is 14.1. The minimum Gasteiger partial charge on any atom is -0.355 e. The first-order valence-corrected chi connectivity index (χ1v) is 9.20. The van der Waals surface area contributed by atoms with Gasteiger partial charge in [-0.2, -0.15) is 0 Å². The average molecular weight is 370 g/mol. The molecule has 0 saturated carbocycles. The fourth-order valence-corrected chi connectivity index (χ4v) is 2.97. The number of amides is 2. The van der Waals surface area contributed by atoms with E-state index in [1.807, 2.05) is 39.0 Å². The third-order valence-electron chi connectivity index (χ3n) is 4.66. The molecular formula is C22H27FN2O2. The van der Waals surface area contributed by atoms with Crippen LogP contribution in [0.3, 0.4) is 0 Å². The monoisotopic (exact) mass is 370 g/mol. The smallest absolute Gasteiger partial charge is 0.242 e. The van der Waals surface area contributed by atoms with Gasteiger partial charge in [0.25, 0.3) is 0 Å². The number of nitrogens with one attached hydrogen (secondary N) is 1. The van der Waals surface area contributed by atoms with E-state index in [0.29, 0.717) is 12.1 Å². The van der Waals surface area contributed by atoms with Crippen LogP contribution >= 0.6 is 0 Å². The normalized spacial score (nSPS) is 11.7. The van der Waals surface area contributed by atoms with Crippen LogP contribution in [0.25, 0.3) is 0 Å². The van der Waals surface area contributed by atoms with Gasteiger partial charge in [0.2, 0.25) is 11.8 Å². The van der Waals surface area contributed by atoms with Gasteiger partial charge in [-0.25, -0.2) is 4.39 Å². The van der Waals surface area contributed by atoms with Crippen LogP contribution in [0.1, 0.15) is 36.1 Å². The van der Waals surface area contributed by atoms with Crippen molar-refractivity contribution in [3.63, 3.8) is 0 Å². The van der Waals surface area contributed by atoms with E-state index >= 15 is 0 Å². The summed E-state index contributed by atoms with van der Waals surface area (Å²) >= 11 is 0. The molecule has 0 aliphatic heterocycles. The van der Waals surface area contributed by atoms with Crippen molar-refractivity contribution in [2.75, 3.05) is 6.54 Å². The Labute approximate surface area is 160 Å². The van der Waals surface area contributed by atoms with E-state index in [2.05, 4.69) is 5.32 Å². The number of aryl methyl sites for hydroxylation is 2. The number of hydrogen-bond acceptors (Lipinski definition) is 2. The van der Waals surface area contributed by atoms with Crippen molar-refractivity contribution in [1.82, 2.24) is 10.2 Å². The molecule has 0 aromatic heterocycles. The lowest BCUT2D eigenvalue weighted by Crippen LogP contribution is -2.48. The highest BCUT2D eigenvalue weighted by molar-refractivity contribution is 5.88. The molecule has 0 bridgehead atoms. The molecule has 144 valence electrons. The van der Waals surface area contributed by atoms with Gasteiger partial charge in [0.1, 0.15) is 11.9 Å². The Hall–Kier alpha value is -2.69. The number of carbonyl (C=O) groups excluding carboxylic acids is 2. The SMILES string of the molecule is CCNC(=O)[C@H](C)N(Cc1ccccc1F)C(=O)Cc1cc(C)ccc1C. The highest BCUT2D eigenvalue weighted by Crippen LogP contribution is 2.17. The molecule has 2 aromatic carbocycles. The molecule has 0 radical (unpaired) electrons. The lowest BCUT2D eigenvalue weighted by Gasteiger charge is -2.29. The maximum Gasteiger partial charge on any atom is 0.242 e. The third kappa shape index (κ3) is 5.39. The molecular weight excluding hydrogens is 343 g/mol. The van der Waals surface area contributed by atoms with Crippen molar-refractivity contribution in [2.45, 2.75) is 46.7 Å². The van der Waals surface area contributed by atoms with Crippen LogP contribution in [0.5, 0.6) is 0 Å². The summed E-state index contributed by atoms with van der Waals surface area (Å²) in [5, 5.41) is 2.74. The lowest BCUT2D eigenvalue weighted by molar-refractivity contribution is -0.140. The maximum atomic E-state index is 14.1. The Balaban J connectivity index is 2.30. The molecule has 1 atom stereocenters. The van der Waals surface area contributed by atoms with E-state index in [4.69, 9.17) is 0 Å². The van der Waals surface area contributed by atoms with Crippen molar-refractivity contribution in [3.8, 4) is 0 Å². The molecule has 1 N–H and O–H groups in total. The first-order valence-electron chi connectivity index (χ1n) is 9.20. The van der Waals surface area contributed by atoms with Gasteiger partial charge in [-0.05, 0) is 44.9 Å². The second-order valence-corrected chi connectivity index (χ2v) is 6.79. The Morgan fingerprint density at radius 3 is 2.48 bits per heavy atom. The minimum atomic E-state index is -0.692. The van der Waals surface area contributed by atoms with E-state index in [-0.39, 0.29) is 30.6 Å². The summed E-state index contributed by atoms with van der Waals surface area (Å²) < 4.78 is 14.1. The largest absolute Gasteiger partial charge is 0.355 e. The van der Waals surface area contributed by atoms with E-state index in [1.54, 1.807) is 25.1 Å². The van der Waals surface area contributed by atoms with Gasteiger partial charge in [0.15, 0.2) is 0 Å². The Kier molecular flexibility index (Phi) is 7.11. The predicted molar refractivity (Wildman–Crippen MR) is 105 cm³/mol. The number of likely N-dealkylation sites (N-methyl/N-ethyl adjacent to an activating group) is 1. The van der Waals surface area contributed by atoms with E-state index in [0.717, 1.165) is 16.7 Å². The summed E-state index contributed by atoms with van der Waals surface area (Å²) in [5.74, 6) is -0.834. The Bertz CT molecular complexity index is 820. The van der Waals surface area contributed by atoms with Gasteiger partial charge in [-0.3, -0.25) is 9.59 Å². The Morgan fingerprint density at radius 1 is 1.11 bits per heavy atom. The summed E-state index contributed by atoms with van der Waals surface area (Å²) in [6.07, 6.45) is 0.172. The van der Waals surface area contributed by atoms with Crippen LogP contribution in [0, 0.1) is 19.7 Å². The summed E-state index contributed by atoms with van der Waals surface area (Å²) in [6.45, 7) is 7.95. The van der Waals surface area contributed by atoms with Gasteiger partial charge in [0.05, 0.1) is 6.42 Å². The standard InChI is InChI=1S/C22H27FN2O2/c1-5-24-22(27)17(4)25(14-18-8-6-7-9-20(18)23)21(26)13-19-12-15(2)10-11-16(19)3/h6-12,17H,5,13-14H2,1-4H3,(H,24,27)/t17-/m0/s1. The molecule has 0 unspecified atom stereocenters. The highest BCUT2D eigenvalue weighted by Gasteiger charge is 2.26. The van der Waals surface area contributed by atoms with Gasteiger partial charge in [0, 0.05) is 18.7 Å². The summed E-state index contributed by atoms with van der Waals surface area (Å²) in [5.41, 5.74) is 3.40. The van der Waals surface area contributed by atoms with Crippen LogP contribution in [-0.2, 0) is 22.6 Å². The predicted octanol–water partition coefficient (Wildman–Crippen LogP) is 3.54. The van der Waals surface area contributed by atoms with Crippen LogP contribution < -0.4 is 5.32 Å². The van der Waals surface area contributed by atoms with Crippen LogP contribution in [-0.4, -0.2) is 29.3 Å².